The average Bonchev–Trinajstić information content (AvgIpc) is 3.39. The van der Waals surface area contributed by atoms with E-state index in [0.29, 0.717) is 23.5 Å². The number of aromatic nitrogens is 2. The number of rotatable bonds is 7. The number of hydrogen-bond donors (Lipinski definition) is 0. The van der Waals surface area contributed by atoms with Gasteiger partial charge in [0, 0.05) is 18.7 Å². The van der Waals surface area contributed by atoms with Gasteiger partial charge in [-0.25, -0.2) is 13.1 Å². The van der Waals surface area contributed by atoms with Gasteiger partial charge < -0.3 is 0 Å². The lowest BCUT2D eigenvalue weighted by Gasteiger charge is -2.25. The second-order valence-electron chi connectivity index (χ2n) is 9.01. The van der Waals surface area contributed by atoms with Gasteiger partial charge in [0.25, 0.3) is 0 Å². The van der Waals surface area contributed by atoms with Crippen LogP contribution in [-0.2, 0) is 10.0 Å². The molecular weight excluding hydrogens is 518 g/mol. The lowest BCUT2D eigenvalue weighted by molar-refractivity contribution is 0.103. The van der Waals surface area contributed by atoms with Crippen molar-refractivity contribution in [1.82, 2.24) is 14.1 Å². The Labute approximate surface area is 225 Å². The number of piperidine rings is 1. The average molecular weight is 546 g/mol. The van der Waals surface area contributed by atoms with E-state index in [1.54, 1.807) is 23.0 Å². The summed E-state index contributed by atoms with van der Waals surface area (Å²) in [5.74, 6) is -0.314. The van der Waals surface area contributed by atoms with Crippen molar-refractivity contribution >= 4 is 33.4 Å². The largest absolute Gasteiger partial charge is 0.286 e. The number of carbonyl (C=O) groups is 1. The molecule has 2 heterocycles. The second-order valence-corrected chi connectivity index (χ2v) is 11.9. The molecule has 38 heavy (non-hydrogen) atoms. The predicted octanol–water partition coefficient (Wildman–Crippen LogP) is 4.58. The number of sulfonamides is 1. The quantitative estimate of drug-likeness (QED) is 0.193. The normalized spacial score (nSPS) is 15.2. The summed E-state index contributed by atoms with van der Waals surface area (Å²) >= 11 is 1.12. The molecule has 1 saturated heterocycles. The van der Waals surface area contributed by atoms with Crippen LogP contribution in [0.1, 0.15) is 45.8 Å². The Morgan fingerprint density at radius 1 is 0.921 bits per heavy atom. The van der Waals surface area contributed by atoms with Crippen LogP contribution >= 0.6 is 11.3 Å². The molecule has 1 aromatic heterocycles. The van der Waals surface area contributed by atoms with Crippen LogP contribution in [0.15, 0.2) is 94.0 Å². The van der Waals surface area contributed by atoms with E-state index in [2.05, 4.69) is 15.3 Å². The molecule has 0 unspecified atom stereocenters. The number of carbonyl (C=O) groups excluding carboxylic acids is 1. The number of ketones is 1. The first-order valence-corrected chi connectivity index (χ1v) is 14.6. The predicted molar refractivity (Wildman–Crippen MR) is 148 cm³/mol. The number of nitrogens with zero attached hydrogens (tertiary/aromatic N) is 5. The Bertz CT molecular complexity index is 1620. The molecule has 194 valence electrons. The molecule has 8 nitrogen and oxygen atoms in total. The molecule has 0 bridgehead atoms. The van der Waals surface area contributed by atoms with E-state index >= 15 is 0 Å². The van der Waals surface area contributed by atoms with Crippen molar-refractivity contribution < 1.29 is 13.2 Å². The second kappa shape index (κ2) is 11.3. The summed E-state index contributed by atoms with van der Waals surface area (Å²) in [5, 5.41) is 13.3. The summed E-state index contributed by atoms with van der Waals surface area (Å²) in [6.07, 6.45) is 4.42. The topological polar surface area (TPSA) is 97.0 Å². The van der Waals surface area contributed by atoms with E-state index in [1.165, 1.54) is 16.4 Å². The fourth-order valence-electron chi connectivity index (χ4n) is 4.13. The maximum absolute atomic E-state index is 13.3. The molecule has 0 amide bonds. The SMILES string of the molecule is Cc1ccc(/C=N/N=c2/sc(C(=O)c3ccc(S(=O)(=O)N4CCCCC4)cc3)nn2-c2ccccc2)cc1. The van der Waals surface area contributed by atoms with E-state index in [4.69, 9.17) is 0 Å². The third kappa shape index (κ3) is 5.72. The fourth-order valence-corrected chi connectivity index (χ4v) is 6.47. The summed E-state index contributed by atoms with van der Waals surface area (Å²) < 4.78 is 29.0. The molecule has 0 spiro atoms. The molecule has 1 fully saturated rings. The Morgan fingerprint density at radius 3 is 2.29 bits per heavy atom. The van der Waals surface area contributed by atoms with Gasteiger partial charge in [0.1, 0.15) is 0 Å². The van der Waals surface area contributed by atoms with Crippen LogP contribution in [0.4, 0.5) is 0 Å². The molecule has 0 N–H and O–H groups in total. The zero-order valence-corrected chi connectivity index (χ0v) is 22.5. The smallest absolute Gasteiger partial charge is 0.243 e. The van der Waals surface area contributed by atoms with E-state index in [1.807, 2.05) is 61.5 Å². The maximum Gasteiger partial charge on any atom is 0.243 e. The van der Waals surface area contributed by atoms with Crippen LogP contribution in [0, 0.1) is 6.92 Å². The minimum absolute atomic E-state index is 0.190. The van der Waals surface area contributed by atoms with E-state index in [0.717, 1.165) is 47.4 Å². The van der Waals surface area contributed by atoms with Crippen LogP contribution in [0.3, 0.4) is 0 Å². The first kappa shape index (κ1) is 25.9. The summed E-state index contributed by atoms with van der Waals surface area (Å²) in [6.45, 7) is 3.08. The number of benzene rings is 3. The third-order valence-corrected chi connectivity index (χ3v) is 9.06. The Hall–Kier alpha value is -3.73. The van der Waals surface area contributed by atoms with Gasteiger partial charge in [-0.2, -0.15) is 14.5 Å². The van der Waals surface area contributed by atoms with E-state index < -0.39 is 10.0 Å². The Kier molecular flexibility index (Phi) is 7.73. The van der Waals surface area contributed by atoms with Crippen LogP contribution in [-0.4, -0.2) is 47.6 Å². The van der Waals surface area contributed by atoms with Gasteiger partial charge in [-0.05, 0) is 61.7 Å². The van der Waals surface area contributed by atoms with Gasteiger partial charge in [0.15, 0.2) is 5.01 Å². The molecule has 0 aliphatic carbocycles. The number of para-hydroxylation sites is 1. The standard InChI is InChI=1S/C28H27N5O3S2/c1-21-10-12-22(13-11-21)20-29-30-28-33(24-8-4-2-5-9-24)31-27(37-28)26(34)23-14-16-25(17-15-23)38(35,36)32-18-6-3-7-19-32/h2,4-5,8-17,20H,3,6-7,18-19H2,1H3/b29-20+,30-28+. The van der Waals surface area contributed by atoms with Crippen molar-refractivity contribution in [3.63, 3.8) is 0 Å². The lowest BCUT2D eigenvalue weighted by Crippen LogP contribution is -2.35. The Morgan fingerprint density at radius 2 is 1.61 bits per heavy atom. The highest BCUT2D eigenvalue weighted by atomic mass is 32.2. The Balaban J connectivity index is 1.44. The molecule has 0 saturated carbocycles. The van der Waals surface area contributed by atoms with Crippen molar-refractivity contribution in [2.75, 3.05) is 13.1 Å². The first-order chi connectivity index (χ1) is 18.4. The minimum atomic E-state index is -3.57. The number of hydrogen-bond acceptors (Lipinski definition) is 7. The van der Waals surface area contributed by atoms with Crippen molar-refractivity contribution in [3.8, 4) is 5.69 Å². The van der Waals surface area contributed by atoms with Gasteiger partial charge in [0.05, 0.1) is 16.8 Å². The van der Waals surface area contributed by atoms with E-state index in [-0.39, 0.29) is 15.7 Å². The molecule has 0 atom stereocenters. The highest BCUT2D eigenvalue weighted by Crippen LogP contribution is 2.22. The van der Waals surface area contributed by atoms with Gasteiger partial charge in [-0.15, -0.1) is 5.10 Å². The lowest BCUT2D eigenvalue weighted by atomic mass is 10.1. The van der Waals surface area contributed by atoms with Gasteiger partial charge >= 0.3 is 0 Å². The van der Waals surface area contributed by atoms with E-state index in [9.17, 15) is 13.2 Å². The molecule has 1 aliphatic rings. The monoisotopic (exact) mass is 545 g/mol. The highest BCUT2D eigenvalue weighted by molar-refractivity contribution is 7.89. The molecule has 10 heteroatoms. The molecule has 3 aromatic carbocycles. The summed E-state index contributed by atoms with van der Waals surface area (Å²) in [4.78, 5) is 14.0. The zero-order chi connectivity index (χ0) is 26.5. The minimum Gasteiger partial charge on any atom is -0.286 e. The molecule has 1 aliphatic heterocycles. The van der Waals surface area contributed by atoms with Gasteiger partial charge in [-0.1, -0.05) is 65.8 Å². The van der Waals surface area contributed by atoms with Gasteiger partial charge in [-0.3, -0.25) is 4.79 Å². The van der Waals surface area contributed by atoms with Crippen molar-refractivity contribution in [2.24, 2.45) is 10.2 Å². The molecule has 0 radical (unpaired) electrons. The highest BCUT2D eigenvalue weighted by Gasteiger charge is 2.26. The first-order valence-electron chi connectivity index (χ1n) is 12.4. The molecule has 4 aromatic rings. The fraction of sp³-hybridized carbons (Fsp3) is 0.214. The number of aryl methyl sites for hydroxylation is 1. The maximum atomic E-state index is 13.3. The summed E-state index contributed by atoms with van der Waals surface area (Å²) in [6, 6.07) is 23.4. The molecular formula is C28H27N5O3S2. The summed E-state index contributed by atoms with van der Waals surface area (Å²) in [5.41, 5.74) is 3.16. The summed E-state index contributed by atoms with van der Waals surface area (Å²) in [7, 11) is -3.57. The van der Waals surface area contributed by atoms with Crippen LogP contribution in [0.2, 0.25) is 0 Å². The van der Waals surface area contributed by atoms with Crippen molar-refractivity contribution in [1.29, 1.82) is 0 Å². The van der Waals surface area contributed by atoms with Crippen molar-refractivity contribution in [2.45, 2.75) is 31.1 Å². The zero-order valence-electron chi connectivity index (χ0n) is 20.9. The van der Waals surface area contributed by atoms with Crippen LogP contribution in [0.5, 0.6) is 0 Å². The van der Waals surface area contributed by atoms with Crippen molar-refractivity contribution in [3.05, 3.63) is 105 Å². The molecule has 5 rings (SSSR count). The van der Waals surface area contributed by atoms with Crippen LogP contribution in [0.25, 0.3) is 5.69 Å². The van der Waals surface area contributed by atoms with Crippen LogP contribution < -0.4 is 4.80 Å². The van der Waals surface area contributed by atoms with Gasteiger partial charge in [0.2, 0.25) is 20.6 Å². The third-order valence-electron chi connectivity index (χ3n) is 6.25.